The first kappa shape index (κ1) is 15.5. The van der Waals surface area contributed by atoms with E-state index in [1.807, 2.05) is 18.5 Å². The molecular weight excluding hydrogens is 338 g/mol. The highest BCUT2D eigenvalue weighted by molar-refractivity contribution is 9.10. The Morgan fingerprint density at radius 1 is 1.40 bits per heavy atom. The Hall–Kier alpha value is -0.840. The third-order valence-electron chi connectivity index (χ3n) is 3.22. The number of hydrogen-bond acceptors (Lipinski definition) is 2. The Balaban J connectivity index is 2.38. The molecule has 0 fully saturated rings. The Bertz CT molecular complexity index is 568. The van der Waals surface area contributed by atoms with Crippen molar-refractivity contribution in [2.45, 2.75) is 32.9 Å². The Morgan fingerprint density at radius 2 is 2.20 bits per heavy atom. The lowest BCUT2D eigenvalue weighted by Gasteiger charge is -2.20. The summed E-state index contributed by atoms with van der Waals surface area (Å²) >= 11 is 9.58. The predicted molar refractivity (Wildman–Crippen MR) is 87.2 cm³/mol. The number of imidazole rings is 1. The molecule has 0 saturated carbocycles. The van der Waals surface area contributed by atoms with Gasteiger partial charge in [0.1, 0.15) is 5.82 Å². The van der Waals surface area contributed by atoms with Gasteiger partial charge in [-0.3, -0.25) is 0 Å². The lowest BCUT2D eigenvalue weighted by molar-refractivity contribution is 0.541. The maximum atomic E-state index is 6.09. The normalized spacial score (nSPS) is 12.6. The molecule has 0 saturated heterocycles. The number of halogens is 2. The third-order valence-corrected chi connectivity index (χ3v) is 4.44. The number of rotatable bonds is 6. The minimum absolute atomic E-state index is 0.0819. The Labute approximate surface area is 133 Å². The summed E-state index contributed by atoms with van der Waals surface area (Å²) in [5, 5.41) is 4.29. The lowest BCUT2D eigenvalue weighted by Crippen LogP contribution is -2.26. The molecule has 0 aliphatic rings. The van der Waals surface area contributed by atoms with Crippen LogP contribution in [-0.2, 0) is 6.54 Å². The zero-order chi connectivity index (χ0) is 14.5. The van der Waals surface area contributed by atoms with Crippen molar-refractivity contribution in [3.63, 3.8) is 0 Å². The van der Waals surface area contributed by atoms with Crippen molar-refractivity contribution in [2.75, 3.05) is 6.54 Å². The molecule has 1 aromatic heterocycles. The van der Waals surface area contributed by atoms with Crippen LogP contribution in [0, 0.1) is 0 Å². The maximum absolute atomic E-state index is 6.09. The Kier molecular flexibility index (Phi) is 5.64. The van der Waals surface area contributed by atoms with Gasteiger partial charge in [-0.05, 0) is 53.5 Å². The topological polar surface area (TPSA) is 29.9 Å². The van der Waals surface area contributed by atoms with E-state index in [1.54, 1.807) is 0 Å². The van der Waals surface area contributed by atoms with E-state index in [-0.39, 0.29) is 6.04 Å². The second kappa shape index (κ2) is 7.25. The van der Waals surface area contributed by atoms with Crippen molar-refractivity contribution in [1.29, 1.82) is 0 Å². The monoisotopic (exact) mass is 355 g/mol. The van der Waals surface area contributed by atoms with Crippen LogP contribution in [0.5, 0.6) is 0 Å². The second-order valence-electron chi connectivity index (χ2n) is 4.63. The van der Waals surface area contributed by atoms with Crippen LogP contribution in [0.3, 0.4) is 0 Å². The van der Waals surface area contributed by atoms with Crippen LogP contribution in [0.2, 0.25) is 5.02 Å². The fourth-order valence-electron chi connectivity index (χ4n) is 2.19. The van der Waals surface area contributed by atoms with Crippen LogP contribution in [0.4, 0.5) is 0 Å². The lowest BCUT2D eigenvalue weighted by atomic mass is 10.1. The van der Waals surface area contributed by atoms with Gasteiger partial charge < -0.3 is 9.88 Å². The van der Waals surface area contributed by atoms with Gasteiger partial charge in [-0.1, -0.05) is 24.6 Å². The standard InChI is InChI=1S/C15H19BrClN3/c1-3-7-18-14(15-19-8-9-20(15)4-2)11-5-6-13(17)12(16)10-11/h5-6,8-10,14,18H,3-4,7H2,1-2H3. The van der Waals surface area contributed by atoms with E-state index in [1.165, 1.54) is 0 Å². The molecular formula is C15H19BrClN3. The van der Waals surface area contributed by atoms with E-state index in [9.17, 15) is 0 Å². The average Bonchev–Trinajstić information content (AvgIpc) is 2.91. The van der Waals surface area contributed by atoms with E-state index in [0.717, 1.165) is 40.4 Å². The van der Waals surface area contributed by atoms with Gasteiger partial charge in [-0.2, -0.15) is 0 Å². The minimum atomic E-state index is 0.0819. The molecule has 0 spiro atoms. The van der Waals surface area contributed by atoms with Crippen molar-refractivity contribution in [3.8, 4) is 0 Å². The minimum Gasteiger partial charge on any atom is -0.334 e. The number of benzene rings is 1. The first-order valence-corrected chi connectivity index (χ1v) is 8.03. The molecule has 1 aromatic carbocycles. The summed E-state index contributed by atoms with van der Waals surface area (Å²) in [6, 6.07) is 6.11. The summed E-state index contributed by atoms with van der Waals surface area (Å²) < 4.78 is 3.07. The summed E-state index contributed by atoms with van der Waals surface area (Å²) in [5.41, 5.74) is 1.16. The molecule has 2 aromatic rings. The molecule has 1 atom stereocenters. The van der Waals surface area contributed by atoms with Gasteiger partial charge in [0.05, 0.1) is 11.1 Å². The van der Waals surface area contributed by atoms with Gasteiger partial charge in [0.25, 0.3) is 0 Å². The van der Waals surface area contributed by atoms with Crippen LogP contribution >= 0.6 is 27.5 Å². The van der Waals surface area contributed by atoms with Gasteiger partial charge in [0.2, 0.25) is 0 Å². The smallest absolute Gasteiger partial charge is 0.130 e. The quantitative estimate of drug-likeness (QED) is 0.831. The van der Waals surface area contributed by atoms with Gasteiger partial charge >= 0.3 is 0 Å². The first-order chi connectivity index (χ1) is 9.67. The number of aryl methyl sites for hydroxylation is 1. The number of nitrogens with zero attached hydrogens (tertiary/aromatic N) is 2. The van der Waals surface area contributed by atoms with Crippen molar-refractivity contribution < 1.29 is 0 Å². The van der Waals surface area contributed by atoms with Crippen LogP contribution in [0.15, 0.2) is 35.1 Å². The van der Waals surface area contributed by atoms with Gasteiger partial charge in [-0.15, -0.1) is 0 Å². The van der Waals surface area contributed by atoms with E-state index in [2.05, 4.69) is 56.8 Å². The zero-order valence-electron chi connectivity index (χ0n) is 11.7. The van der Waals surface area contributed by atoms with E-state index < -0.39 is 0 Å². The number of nitrogens with one attached hydrogen (secondary N) is 1. The molecule has 20 heavy (non-hydrogen) atoms. The highest BCUT2D eigenvalue weighted by atomic mass is 79.9. The van der Waals surface area contributed by atoms with Crippen molar-refractivity contribution >= 4 is 27.5 Å². The largest absolute Gasteiger partial charge is 0.334 e. The van der Waals surface area contributed by atoms with Crippen LogP contribution in [-0.4, -0.2) is 16.1 Å². The Morgan fingerprint density at radius 3 is 2.85 bits per heavy atom. The van der Waals surface area contributed by atoms with Crippen molar-refractivity contribution in [1.82, 2.24) is 14.9 Å². The molecule has 1 heterocycles. The SMILES string of the molecule is CCCNC(c1ccc(Cl)c(Br)c1)c1nccn1CC. The molecule has 0 aliphatic heterocycles. The second-order valence-corrected chi connectivity index (χ2v) is 5.89. The van der Waals surface area contributed by atoms with Crippen LogP contribution in [0.1, 0.15) is 37.7 Å². The summed E-state index contributed by atoms with van der Waals surface area (Å²) in [6.45, 7) is 6.14. The highest BCUT2D eigenvalue weighted by Crippen LogP contribution is 2.28. The molecule has 5 heteroatoms. The summed E-state index contributed by atoms with van der Waals surface area (Å²) in [6.07, 6.45) is 4.95. The van der Waals surface area contributed by atoms with Crippen molar-refractivity contribution in [3.05, 3.63) is 51.5 Å². The number of aromatic nitrogens is 2. The summed E-state index contributed by atoms with van der Waals surface area (Å²) in [5.74, 6) is 1.04. The van der Waals surface area contributed by atoms with Gasteiger partial charge in [0.15, 0.2) is 0 Å². The number of hydrogen-bond donors (Lipinski definition) is 1. The molecule has 1 unspecified atom stereocenters. The van der Waals surface area contributed by atoms with Gasteiger partial charge in [-0.25, -0.2) is 4.98 Å². The third kappa shape index (κ3) is 3.43. The van der Waals surface area contributed by atoms with E-state index >= 15 is 0 Å². The molecule has 2 rings (SSSR count). The first-order valence-electron chi connectivity index (χ1n) is 6.86. The highest BCUT2D eigenvalue weighted by Gasteiger charge is 2.18. The fraction of sp³-hybridized carbons (Fsp3) is 0.400. The molecule has 0 aliphatic carbocycles. The average molecular weight is 357 g/mol. The summed E-state index contributed by atoms with van der Waals surface area (Å²) in [4.78, 5) is 4.52. The van der Waals surface area contributed by atoms with E-state index in [4.69, 9.17) is 11.6 Å². The molecule has 1 N–H and O–H groups in total. The zero-order valence-corrected chi connectivity index (χ0v) is 14.1. The van der Waals surface area contributed by atoms with Crippen LogP contribution in [0.25, 0.3) is 0 Å². The molecule has 0 radical (unpaired) electrons. The molecule has 0 amide bonds. The fourth-order valence-corrected chi connectivity index (χ4v) is 2.70. The van der Waals surface area contributed by atoms with Crippen molar-refractivity contribution in [2.24, 2.45) is 0 Å². The maximum Gasteiger partial charge on any atom is 0.130 e. The molecule has 108 valence electrons. The van der Waals surface area contributed by atoms with Gasteiger partial charge in [0, 0.05) is 23.4 Å². The molecule has 3 nitrogen and oxygen atoms in total. The predicted octanol–water partition coefficient (Wildman–Crippen LogP) is 4.41. The summed E-state index contributed by atoms with van der Waals surface area (Å²) in [7, 11) is 0. The molecule has 0 bridgehead atoms. The van der Waals surface area contributed by atoms with E-state index in [0.29, 0.717) is 0 Å². The van der Waals surface area contributed by atoms with Crippen LogP contribution < -0.4 is 5.32 Å².